The molecule has 0 atom stereocenters. The van der Waals surface area contributed by atoms with E-state index in [-0.39, 0.29) is 75.9 Å². The van der Waals surface area contributed by atoms with Gasteiger partial charge in [-0.15, -0.1) is 0 Å². The number of nitrogens with zero attached hydrogens (tertiary/aromatic N) is 12. The average Bonchev–Trinajstić information content (AvgIpc) is 1.64. The van der Waals surface area contributed by atoms with E-state index in [0.717, 1.165) is 44.8 Å². The predicted molar refractivity (Wildman–Crippen MR) is 329 cm³/mol. The number of nitrogens with one attached hydrogen (secondary N) is 4. The van der Waals surface area contributed by atoms with Gasteiger partial charge in [-0.3, -0.25) is 0 Å². The summed E-state index contributed by atoms with van der Waals surface area (Å²) in [6.45, 7) is 0. The van der Waals surface area contributed by atoms with E-state index in [9.17, 15) is 39.6 Å². The van der Waals surface area contributed by atoms with Crippen molar-refractivity contribution in [3.63, 3.8) is 0 Å². The molecule has 24 nitrogen and oxygen atoms in total. The van der Waals surface area contributed by atoms with Crippen molar-refractivity contribution in [2.75, 3.05) is 0 Å². The molecular formula is C68H32IrN16O8. The van der Waals surface area contributed by atoms with E-state index in [1.54, 1.807) is 0 Å². The summed E-state index contributed by atoms with van der Waals surface area (Å²) in [5.74, 6) is -4.09. The Morgan fingerprint density at radius 2 is 0.441 bits per heavy atom. The first-order valence-corrected chi connectivity index (χ1v) is 28.3. The Labute approximate surface area is 532 Å². The van der Waals surface area contributed by atoms with Crippen LogP contribution >= 0.6 is 0 Å². The molecule has 0 amide bonds. The van der Waals surface area contributed by atoms with Gasteiger partial charge in [-0.25, -0.2) is 59.8 Å². The maximum Gasteiger partial charge on any atom is 4.00 e. The van der Waals surface area contributed by atoms with E-state index >= 15 is 0 Å². The maximum atomic E-state index is 12.5. The molecule has 0 aliphatic carbocycles. The molecule has 0 fully saturated rings. The average molecular weight is 1390 g/mol. The zero-order valence-corrected chi connectivity index (χ0v) is 49.5. The largest absolute Gasteiger partial charge is 4.00 e. The summed E-state index contributed by atoms with van der Waals surface area (Å²) in [4.78, 5) is 120. The van der Waals surface area contributed by atoms with Crippen molar-refractivity contribution in [3.8, 4) is 91.1 Å². The van der Waals surface area contributed by atoms with E-state index in [1.807, 2.05) is 146 Å². The summed E-state index contributed by atoms with van der Waals surface area (Å²) in [6.07, 6.45) is 0. The SMILES string of the molecule is O=C([O-])c1ccc2c3nc4nc(nc5[nH]c(nc6nc(nc([nH]3)c2c1C(=O)[O-])-c1ccccc1-6)c1ccccc51)-c1ccccc1-4.O=C([O-])c1ccc2c3nc4nc(nc5[nH]c(nc6nc(nc([nH]3)c2c1C(=O)[O-])-c1ccccc1-6)c1ccccc51)-c1ccccc1-4.[Ir+4]. The van der Waals surface area contributed by atoms with Gasteiger partial charge in [0.15, 0.2) is 46.6 Å². The van der Waals surface area contributed by atoms with Crippen LogP contribution in [-0.4, -0.2) is 104 Å². The number of carboxylic acids is 4. The Morgan fingerprint density at radius 1 is 0.237 bits per heavy atom. The van der Waals surface area contributed by atoms with Crippen molar-refractivity contribution >= 4 is 112 Å². The Kier molecular flexibility index (Phi) is 12.5. The van der Waals surface area contributed by atoms with Crippen LogP contribution in [0.25, 0.3) is 179 Å². The fraction of sp³-hybridized carbons (Fsp3) is 0. The number of carboxylic acid groups (broad SMARTS) is 4. The van der Waals surface area contributed by atoms with Gasteiger partial charge in [-0.05, 0) is 12.1 Å². The first-order chi connectivity index (χ1) is 44.9. The molecule has 4 aliphatic heterocycles. The molecule has 10 heterocycles. The number of aromatic amines is 4. The monoisotopic (exact) mass is 1390 g/mol. The number of carbonyl (C=O) groups is 4. The molecule has 1 radical (unpaired) electrons. The van der Waals surface area contributed by atoms with Crippen LogP contribution in [0.4, 0.5) is 0 Å². The predicted octanol–water partition coefficient (Wildman–Crippen LogP) is 7.19. The number of benzene rings is 8. The molecule has 18 rings (SSSR count). The molecule has 0 saturated carbocycles. The summed E-state index contributed by atoms with van der Waals surface area (Å²) >= 11 is 0. The van der Waals surface area contributed by atoms with Crippen LogP contribution in [0, 0.1) is 0 Å². The molecule has 6 aromatic heterocycles. The van der Waals surface area contributed by atoms with Crippen molar-refractivity contribution in [2.45, 2.75) is 0 Å². The van der Waals surface area contributed by atoms with Crippen molar-refractivity contribution in [1.29, 1.82) is 0 Å². The number of aromatic nitrogens is 16. The minimum Gasteiger partial charge on any atom is -0.545 e. The molecule has 14 aromatic rings. The fourth-order valence-electron chi connectivity index (χ4n) is 12.2. The van der Waals surface area contributed by atoms with Crippen LogP contribution in [0.15, 0.2) is 170 Å². The van der Waals surface area contributed by atoms with Crippen LogP contribution in [0.1, 0.15) is 41.4 Å². The fourth-order valence-corrected chi connectivity index (χ4v) is 12.2. The van der Waals surface area contributed by atoms with Crippen molar-refractivity contribution in [3.05, 3.63) is 192 Å². The molecule has 4 aliphatic rings. The van der Waals surface area contributed by atoms with Gasteiger partial charge in [-0.2, -0.15) is 0 Å². The number of H-pyrrole nitrogens is 4. The zero-order chi connectivity index (χ0) is 62.2. The molecule has 0 spiro atoms. The van der Waals surface area contributed by atoms with Crippen LogP contribution < -0.4 is 20.4 Å². The zero-order valence-electron chi connectivity index (χ0n) is 47.1. The quantitative estimate of drug-likeness (QED) is 0.135. The Morgan fingerprint density at radius 3 is 0.667 bits per heavy atom. The summed E-state index contributed by atoms with van der Waals surface area (Å²) in [7, 11) is 0. The van der Waals surface area contributed by atoms with E-state index < -0.39 is 46.1 Å². The molecule has 25 heteroatoms. The number of rotatable bonds is 4. The van der Waals surface area contributed by atoms with Gasteiger partial charge < -0.3 is 59.5 Å². The summed E-state index contributed by atoms with van der Waals surface area (Å²) < 4.78 is 0. The Balaban J connectivity index is 0.000000146. The number of fused-ring (bicyclic) bond motifs is 40. The van der Waals surface area contributed by atoms with E-state index in [0.29, 0.717) is 90.9 Å². The topological polar surface area (TPSA) is 378 Å². The Hall–Kier alpha value is -13.0. The van der Waals surface area contributed by atoms with Crippen LogP contribution in [0.5, 0.6) is 0 Å². The molecule has 0 saturated heterocycles. The van der Waals surface area contributed by atoms with Gasteiger partial charge in [-0.1, -0.05) is 158 Å². The van der Waals surface area contributed by atoms with Crippen LogP contribution in [0.3, 0.4) is 0 Å². The van der Waals surface area contributed by atoms with Crippen molar-refractivity contribution in [2.24, 2.45) is 0 Å². The normalized spacial score (nSPS) is 11.7. The molecule has 441 valence electrons. The number of hydrogen-bond acceptors (Lipinski definition) is 20. The first-order valence-electron chi connectivity index (χ1n) is 28.3. The molecule has 8 aromatic carbocycles. The molecule has 4 N–H and O–H groups in total. The van der Waals surface area contributed by atoms with E-state index in [4.69, 9.17) is 59.8 Å². The van der Waals surface area contributed by atoms with Gasteiger partial charge in [0.2, 0.25) is 0 Å². The summed E-state index contributed by atoms with van der Waals surface area (Å²) in [5, 5.41) is 52.8. The van der Waals surface area contributed by atoms with E-state index in [2.05, 4.69) is 19.9 Å². The second-order valence-corrected chi connectivity index (χ2v) is 21.5. The van der Waals surface area contributed by atoms with Crippen LogP contribution in [0.2, 0.25) is 0 Å². The van der Waals surface area contributed by atoms with Crippen LogP contribution in [-0.2, 0) is 20.1 Å². The number of hydrogen-bond donors (Lipinski definition) is 4. The Bertz CT molecular complexity index is 5720. The second kappa shape index (κ2) is 21.1. The third-order valence-electron chi connectivity index (χ3n) is 16.3. The molecule has 93 heavy (non-hydrogen) atoms. The maximum absolute atomic E-state index is 12.5. The third kappa shape index (κ3) is 8.78. The second-order valence-electron chi connectivity index (χ2n) is 21.5. The van der Waals surface area contributed by atoms with Gasteiger partial charge in [0, 0.05) is 110 Å². The molecule has 16 bridgehead atoms. The van der Waals surface area contributed by atoms with Crippen molar-refractivity contribution in [1.82, 2.24) is 79.7 Å². The summed E-state index contributed by atoms with van der Waals surface area (Å²) in [6, 6.07) is 50.4. The number of carbonyl (C=O) groups excluding carboxylic acids is 4. The van der Waals surface area contributed by atoms with E-state index in [1.165, 1.54) is 12.1 Å². The number of aromatic carboxylic acids is 4. The standard InChI is InChI=1S/2C34H18N8O4.Ir/c2*43-33(44)22-14-13-21-23(24(22)34(45)46)32-41-30-20-12-6-5-11-19(20)28(39-30)37-26-16-8-2-1-7-15(16)25(35-26)36-27-17-9-3-4-10-18(17)29(38-27)40-31(21)42-32;/h2*1-14H,(H,43,44)(H,45,46)(H2,35,36,37,38,39,40,41,42);/q;;+4/p-4. The molecule has 0 unspecified atom stereocenters. The van der Waals surface area contributed by atoms with Gasteiger partial charge in [0.05, 0.1) is 23.9 Å². The summed E-state index contributed by atoms with van der Waals surface area (Å²) in [5.41, 5.74) is 5.91. The van der Waals surface area contributed by atoms with Crippen molar-refractivity contribution < 1.29 is 59.7 Å². The van der Waals surface area contributed by atoms with Gasteiger partial charge in [0.1, 0.15) is 45.2 Å². The van der Waals surface area contributed by atoms with Gasteiger partial charge in [0.25, 0.3) is 0 Å². The minimum absolute atomic E-state index is 0. The minimum atomic E-state index is -1.71. The first kappa shape index (κ1) is 55.3. The van der Waals surface area contributed by atoms with Gasteiger partial charge >= 0.3 is 20.1 Å². The smallest absolute Gasteiger partial charge is 0.545 e. The molecular weight excluding hydrogens is 1360 g/mol. The third-order valence-corrected chi connectivity index (χ3v) is 16.3.